The number of hydrogen-bond donors (Lipinski definition) is 2. The van der Waals surface area contributed by atoms with Crippen LogP contribution in [0.5, 0.6) is 5.75 Å². The van der Waals surface area contributed by atoms with Gasteiger partial charge in [-0.25, -0.2) is 0 Å². The third-order valence-corrected chi connectivity index (χ3v) is 3.32. The van der Waals surface area contributed by atoms with Crippen LogP contribution >= 0.6 is 0 Å². The summed E-state index contributed by atoms with van der Waals surface area (Å²) in [6, 6.07) is 8.54. The van der Waals surface area contributed by atoms with Crippen LogP contribution in [-0.2, 0) is 0 Å². The summed E-state index contributed by atoms with van der Waals surface area (Å²) in [7, 11) is 1.69. The monoisotopic (exact) mass is 235 g/mol. The Morgan fingerprint density at radius 2 is 1.94 bits per heavy atom. The van der Waals surface area contributed by atoms with Gasteiger partial charge in [-0.2, -0.15) is 0 Å². The van der Waals surface area contributed by atoms with Gasteiger partial charge in [0, 0.05) is 38.8 Å². The van der Waals surface area contributed by atoms with Crippen molar-refractivity contribution in [3.8, 4) is 5.75 Å². The average Bonchev–Trinajstić information content (AvgIpc) is 2.42. The first-order valence-corrected chi connectivity index (χ1v) is 6.14. The molecule has 0 aromatic heterocycles. The number of methoxy groups -OCH3 is 1. The van der Waals surface area contributed by atoms with Gasteiger partial charge in [-0.3, -0.25) is 4.90 Å². The number of ether oxygens (including phenoxy) is 1. The van der Waals surface area contributed by atoms with Crippen LogP contribution in [-0.4, -0.2) is 44.7 Å². The molecule has 1 aromatic carbocycles. The van der Waals surface area contributed by atoms with Gasteiger partial charge in [-0.1, -0.05) is 12.1 Å². The number of hydrogen-bond acceptors (Lipinski definition) is 4. The number of nitrogens with two attached hydrogens (primary N) is 1. The summed E-state index contributed by atoms with van der Waals surface area (Å²) in [6.07, 6.45) is 0. The normalized spacial score (nSPS) is 18.9. The van der Waals surface area contributed by atoms with Crippen molar-refractivity contribution in [3.63, 3.8) is 0 Å². The second kappa shape index (κ2) is 6.00. The third kappa shape index (κ3) is 2.97. The van der Waals surface area contributed by atoms with E-state index in [1.807, 2.05) is 12.1 Å². The number of nitrogens with zero attached hydrogens (tertiary/aromatic N) is 1. The Kier molecular flexibility index (Phi) is 4.36. The highest BCUT2D eigenvalue weighted by atomic mass is 16.5. The highest BCUT2D eigenvalue weighted by Gasteiger charge is 2.20. The fourth-order valence-electron chi connectivity index (χ4n) is 2.32. The summed E-state index contributed by atoms with van der Waals surface area (Å²) >= 11 is 0. The molecule has 1 unspecified atom stereocenters. The molecule has 1 heterocycles. The van der Waals surface area contributed by atoms with E-state index in [1.54, 1.807) is 7.11 Å². The molecule has 1 fully saturated rings. The molecule has 3 N–H and O–H groups in total. The molecule has 1 aliphatic heterocycles. The molecule has 4 heteroatoms. The lowest BCUT2D eigenvalue weighted by atomic mass is 10.0. The minimum Gasteiger partial charge on any atom is -0.497 e. The van der Waals surface area contributed by atoms with Crippen LogP contribution in [0.2, 0.25) is 0 Å². The van der Waals surface area contributed by atoms with E-state index in [4.69, 9.17) is 10.5 Å². The van der Waals surface area contributed by atoms with Crippen molar-refractivity contribution in [1.82, 2.24) is 10.2 Å². The van der Waals surface area contributed by atoms with Gasteiger partial charge < -0.3 is 15.8 Å². The van der Waals surface area contributed by atoms with Crippen LogP contribution in [0, 0.1) is 0 Å². The molecule has 1 saturated heterocycles. The smallest absolute Gasteiger partial charge is 0.118 e. The summed E-state index contributed by atoms with van der Waals surface area (Å²) in [5, 5.41) is 3.36. The molecule has 1 aliphatic rings. The van der Waals surface area contributed by atoms with Crippen LogP contribution in [0.15, 0.2) is 24.3 Å². The molecule has 94 valence electrons. The first kappa shape index (κ1) is 12.4. The molecule has 0 bridgehead atoms. The second-order valence-corrected chi connectivity index (χ2v) is 4.31. The molecule has 0 spiro atoms. The summed E-state index contributed by atoms with van der Waals surface area (Å²) in [6.45, 7) is 4.88. The second-order valence-electron chi connectivity index (χ2n) is 4.31. The van der Waals surface area contributed by atoms with Gasteiger partial charge in [-0.05, 0) is 17.7 Å². The zero-order valence-electron chi connectivity index (χ0n) is 10.4. The number of benzene rings is 1. The lowest BCUT2D eigenvalue weighted by Gasteiger charge is -2.34. The summed E-state index contributed by atoms with van der Waals surface area (Å²) in [4.78, 5) is 2.44. The summed E-state index contributed by atoms with van der Waals surface area (Å²) < 4.78 is 5.17. The van der Waals surface area contributed by atoms with Crippen molar-refractivity contribution in [2.75, 3.05) is 39.8 Å². The van der Waals surface area contributed by atoms with E-state index in [9.17, 15) is 0 Å². The maximum atomic E-state index is 5.91. The Morgan fingerprint density at radius 3 is 2.47 bits per heavy atom. The molecule has 0 radical (unpaired) electrons. The van der Waals surface area contributed by atoms with Crippen LogP contribution < -0.4 is 15.8 Å². The van der Waals surface area contributed by atoms with Gasteiger partial charge in [0.1, 0.15) is 5.75 Å². The van der Waals surface area contributed by atoms with E-state index < -0.39 is 0 Å². The molecule has 4 nitrogen and oxygen atoms in total. The van der Waals surface area contributed by atoms with Crippen molar-refractivity contribution in [3.05, 3.63) is 29.8 Å². The molecular formula is C13H21N3O. The van der Waals surface area contributed by atoms with Crippen LogP contribution in [0.4, 0.5) is 0 Å². The Hall–Kier alpha value is -1.10. The van der Waals surface area contributed by atoms with Crippen LogP contribution in [0.1, 0.15) is 11.6 Å². The quantitative estimate of drug-likeness (QED) is 0.802. The minimum atomic E-state index is 0.322. The van der Waals surface area contributed by atoms with E-state index >= 15 is 0 Å². The number of piperazine rings is 1. The van der Waals surface area contributed by atoms with Crippen LogP contribution in [0.3, 0.4) is 0 Å². The van der Waals surface area contributed by atoms with Gasteiger partial charge in [0.25, 0.3) is 0 Å². The molecule has 17 heavy (non-hydrogen) atoms. The predicted octanol–water partition coefficient (Wildman–Crippen LogP) is 0.600. The first-order valence-electron chi connectivity index (χ1n) is 6.14. The molecule has 1 aromatic rings. The average molecular weight is 235 g/mol. The maximum absolute atomic E-state index is 5.91. The fraction of sp³-hybridized carbons (Fsp3) is 0.538. The predicted molar refractivity (Wildman–Crippen MR) is 69.2 cm³/mol. The van der Waals surface area contributed by atoms with Gasteiger partial charge >= 0.3 is 0 Å². The van der Waals surface area contributed by atoms with Crippen molar-refractivity contribution >= 4 is 0 Å². The van der Waals surface area contributed by atoms with E-state index in [2.05, 4.69) is 22.3 Å². The highest BCUT2D eigenvalue weighted by Crippen LogP contribution is 2.22. The Labute approximate surface area is 103 Å². The molecule has 0 amide bonds. The number of rotatable bonds is 4. The largest absolute Gasteiger partial charge is 0.497 e. The fourth-order valence-corrected chi connectivity index (χ4v) is 2.32. The SMILES string of the molecule is COc1ccc(C(CN)N2CCNCC2)cc1. The van der Waals surface area contributed by atoms with E-state index in [0.717, 1.165) is 31.9 Å². The molecule has 2 rings (SSSR count). The lowest BCUT2D eigenvalue weighted by Crippen LogP contribution is -2.46. The van der Waals surface area contributed by atoms with Crippen molar-refractivity contribution in [2.45, 2.75) is 6.04 Å². The lowest BCUT2D eigenvalue weighted by molar-refractivity contribution is 0.178. The van der Waals surface area contributed by atoms with E-state index in [-0.39, 0.29) is 0 Å². The van der Waals surface area contributed by atoms with Crippen LogP contribution in [0.25, 0.3) is 0 Å². The molecule has 0 saturated carbocycles. The van der Waals surface area contributed by atoms with Crippen molar-refractivity contribution in [2.24, 2.45) is 5.73 Å². The topological polar surface area (TPSA) is 50.5 Å². The van der Waals surface area contributed by atoms with Gasteiger partial charge in [0.05, 0.1) is 7.11 Å². The van der Waals surface area contributed by atoms with Gasteiger partial charge in [0.2, 0.25) is 0 Å². The molecule has 0 aliphatic carbocycles. The maximum Gasteiger partial charge on any atom is 0.118 e. The Balaban J connectivity index is 2.10. The molecule has 1 atom stereocenters. The van der Waals surface area contributed by atoms with E-state index in [1.165, 1.54) is 5.56 Å². The highest BCUT2D eigenvalue weighted by molar-refractivity contribution is 5.29. The Morgan fingerprint density at radius 1 is 1.29 bits per heavy atom. The standard InChI is InChI=1S/C13H21N3O/c1-17-12-4-2-11(3-5-12)13(10-14)16-8-6-15-7-9-16/h2-5,13,15H,6-10,14H2,1H3. The van der Waals surface area contributed by atoms with E-state index in [0.29, 0.717) is 12.6 Å². The zero-order valence-corrected chi connectivity index (χ0v) is 10.4. The Bertz CT molecular complexity index is 333. The third-order valence-electron chi connectivity index (χ3n) is 3.32. The van der Waals surface area contributed by atoms with Gasteiger partial charge in [0.15, 0.2) is 0 Å². The zero-order chi connectivity index (χ0) is 12.1. The number of nitrogens with one attached hydrogen (secondary N) is 1. The van der Waals surface area contributed by atoms with Crippen molar-refractivity contribution < 1.29 is 4.74 Å². The van der Waals surface area contributed by atoms with Crippen molar-refractivity contribution in [1.29, 1.82) is 0 Å². The summed E-state index contributed by atoms with van der Waals surface area (Å²) in [5.41, 5.74) is 7.19. The van der Waals surface area contributed by atoms with Gasteiger partial charge in [-0.15, -0.1) is 0 Å². The first-order chi connectivity index (χ1) is 8.35. The molecular weight excluding hydrogens is 214 g/mol. The minimum absolute atomic E-state index is 0.322. The summed E-state index contributed by atoms with van der Waals surface area (Å²) in [5.74, 6) is 0.893.